The minimum atomic E-state index is 0.254. The highest BCUT2D eigenvalue weighted by Gasteiger charge is 2.29. The van der Waals surface area contributed by atoms with E-state index in [-0.39, 0.29) is 5.91 Å². The number of amides is 1. The minimum Gasteiger partial charge on any atom is -0.356 e. The third-order valence-corrected chi connectivity index (χ3v) is 5.59. The fraction of sp³-hybridized carbons (Fsp3) is 0.500. The van der Waals surface area contributed by atoms with E-state index in [9.17, 15) is 4.79 Å². The zero-order valence-corrected chi connectivity index (χ0v) is 13.0. The molecular weight excluding hydrogens is 278 g/mol. The zero-order chi connectivity index (χ0) is 14.2. The molecule has 0 bridgehead atoms. The van der Waals surface area contributed by atoms with Gasteiger partial charge < -0.3 is 5.32 Å². The lowest BCUT2D eigenvalue weighted by molar-refractivity contribution is -0.122. The second-order valence-corrected chi connectivity index (χ2v) is 7.47. The van der Waals surface area contributed by atoms with Crippen molar-refractivity contribution in [1.82, 2.24) is 5.32 Å². The fourth-order valence-electron chi connectivity index (χ4n) is 2.92. The highest BCUT2D eigenvalue weighted by Crippen LogP contribution is 2.34. The van der Waals surface area contributed by atoms with Crippen LogP contribution in [0.25, 0.3) is 10.1 Å². The zero-order valence-electron chi connectivity index (χ0n) is 12.2. The van der Waals surface area contributed by atoms with Crippen molar-refractivity contribution in [3.63, 3.8) is 0 Å². The highest BCUT2D eigenvalue weighted by atomic mass is 32.1. The van der Waals surface area contributed by atoms with E-state index in [1.165, 1.54) is 40.5 Å². The Morgan fingerprint density at radius 1 is 1.24 bits per heavy atom. The molecule has 2 aliphatic rings. The van der Waals surface area contributed by atoms with Crippen molar-refractivity contribution in [3.05, 3.63) is 34.7 Å². The predicted molar refractivity (Wildman–Crippen MR) is 87.7 cm³/mol. The Balaban J connectivity index is 1.44. The van der Waals surface area contributed by atoms with E-state index in [4.69, 9.17) is 0 Å². The maximum Gasteiger partial charge on any atom is 0.223 e. The smallest absolute Gasteiger partial charge is 0.223 e. The number of hydrogen-bond acceptors (Lipinski definition) is 2. The molecule has 0 saturated heterocycles. The van der Waals surface area contributed by atoms with E-state index in [0.29, 0.717) is 5.92 Å². The van der Waals surface area contributed by atoms with E-state index in [2.05, 4.69) is 28.9 Å². The molecule has 110 valence electrons. The van der Waals surface area contributed by atoms with Crippen LogP contribution in [0.1, 0.15) is 36.8 Å². The Morgan fingerprint density at radius 3 is 2.86 bits per heavy atom. The molecular formula is C18H21NOS. The highest BCUT2D eigenvalue weighted by molar-refractivity contribution is 7.17. The van der Waals surface area contributed by atoms with Crippen LogP contribution in [0.5, 0.6) is 0 Å². The van der Waals surface area contributed by atoms with Gasteiger partial charge in [0.25, 0.3) is 0 Å². The molecule has 0 spiro atoms. The Morgan fingerprint density at radius 2 is 2.10 bits per heavy atom. The van der Waals surface area contributed by atoms with E-state index < -0.39 is 0 Å². The molecule has 1 amide bonds. The van der Waals surface area contributed by atoms with Gasteiger partial charge in [-0.25, -0.2) is 0 Å². The van der Waals surface area contributed by atoms with Crippen LogP contribution in [-0.2, 0) is 17.6 Å². The molecule has 2 aliphatic carbocycles. The number of carbonyl (C=O) groups is 1. The summed E-state index contributed by atoms with van der Waals surface area (Å²) in [5.74, 6) is 1.50. The van der Waals surface area contributed by atoms with Gasteiger partial charge >= 0.3 is 0 Å². The molecule has 1 aromatic carbocycles. The van der Waals surface area contributed by atoms with Gasteiger partial charge in [0, 0.05) is 17.2 Å². The van der Waals surface area contributed by atoms with Crippen molar-refractivity contribution in [3.8, 4) is 0 Å². The molecule has 1 heterocycles. The normalized spacial score (nSPS) is 18.1. The first-order valence-corrected chi connectivity index (χ1v) is 8.94. The summed E-state index contributed by atoms with van der Waals surface area (Å²) >= 11 is 1.82. The predicted octanol–water partition coefficient (Wildman–Crippen LogP) is 3.92. The van der Waals surface area contributed by atoms with Crippen molar-refractivity contribution >= 4 is 27.3 Å². The fourth-order valence-corrected chi connectivity index (χ4v) is 3.89. The first-order valence-electron chi connectivity index (χ1n) is 8.06. The molecule has 0 unspecified atom stereocenters. The molecule has 2 fully saturated rings. The third-order valence-electron chi connectivity index (χ3n) is 4.58. The van der Waals surface area contributed by atoms with Gasteiger partial charge in [0.2, 0.25) is 5.91 Å². The quantitative estimate of drug-likeness (QED) is 0.860. The second-order valence-electron chi connectivity index (χ2n) is 6.55. The van der Waals surface area contributed by atoms with Crippen LogP contribution in [-0.4, -0.2) is 12.5 Å². The largest absolute Gasteiger partial charge is 0.356 e. The van der Waals surface area contributed by atoms with Gasteiger partial charge in [-0.05, 0) is 72.4 Å². The van der Waals surface area contributed by atoms with E-state index in [1.54, 1.807) is 0 Å². The number of fused-ring (bicyclic) bond motifs is 1. The first kappa shape index (κ1) is 13.3. The van der Waals surface area contributed by atoms with Crippen LogP contribution in [0.4, 0.5) is 0 Å². The van der Waals surface area contributed by atoms with Crippen molar-refractivity contribution < 1.29 is 4.79 Å². The average Bonchev–Trinajstić information content (AvgIpc) is 3.38. The van der Waals surface area contributed by atoms with Gasteiger partial charge in [-0.15, -0.1) is 11.3 Å². The second kappa shape index (κ2) is 5.45. The lowest BCUT2D eigenvalue weighted by atomic mass is 10.0. The van der Waals surface area contributed by atoms with Crippen LogP contribution in [0.2, 0.25) is 0 Å². The maximum absolute atomic E-state index is 11.7. The van der Waals surface area contributed by atoms with Crippen molar-refractivity contribution in [2.45, 2.75) is 38.5 Å². The number of rotatable bonds is 6. The number of benzene rings is 1. The third kappa shape index (κ3) is 3.13. The summed E-state index contributed by atoms with van der Waals surface area (Å²) in [7, 11) is 0. The average molecular weight is 299 g/mol. The molecule has 3 heteroatoms. The standard InChI is InChI=1S/C18H21NOS/c20-18(14-4-5-14)19-8-7-15-11-21-17-6-3-13(10-16(15)17)9-12-1-2-12/h3,6,10-12,14H,1-2,4-5,7-9H2,(H,19,20). The molecule has 21 heavy (non-hydrogen) atoms. The van der Waals surface area contributed by atoms with Gasteiger partial charge in [0.05, 0.1) is 0 Å². The van der Waals surface area contributed by atoms with Crippen LogP contribution in [0.3, 0.4) is 0 Å². The van der Waals surface area contributed by atoms with Gasteiger partial charge in [-0.1, -0.05) is 12.1 Å². The lowest BCUT2D eigenvalue weighted by Gasteiger charge is -2.05. The molecule has 0 atom stereocenters. The number of carbonyl (C=O) groups excluding carboxylic acids is 1. The molecule has 1 aromatic heterocycles. The summed E-state index contributed by atoms with van der Waals surface area (Å²) in [5.41, 5.74) is 2.87. The van der Waals surface area contributed by atoms with Crippen molar-refractivity contribution in [2.75, 3.05) is 6.54 Å². The van der Waals surface area contributed by atoms with Crippen LogP contribution in [0, 0.1) is 11.8 Å². The Labute approximate surface area is 129 Å². The number of hydrogen-bond donors (Lipinski definition) is 1. The van der Waals surface area contributed by atoms with Gasteiger partial charge in [0.15, 0.2) is 0 Å². The van der Waals surface area contributed by atoms with Gasteiger partial charge in [0.1, 0.15) is 0 Å². The summed E-state index contributed by atoms with van der Waals surface area (Å²) in [5, 5.41) is 6.73. The summed E-state index contributed by atoms with van der Waals surface area (Å²) in [6.45, 7) is 0.772. The molecule has 2 aromatic rings. The van der Waals surface area contributed by atoms with Crippen molar-refractivity contribution in [1.29, 1.82) is 0 Å². The monoisotopic (exact) mass is 299 g/mol. The molecule has 0 aliphatic heterocycles. The Bertz CT molecular complexity index is 667. The Kier molecular flexibility index (Phi) is 3.46. The summed E-state index contributed by atoms with van der Waals surface area (Å²) in [6.07, 6.45) is 7.16. The topological polar surface area (TPSA) is 29.1 Å². The summed E-state index contributed by atoms with van der Waals surface area (Å²) in [4.78, 5) is 11.7. The Hall–Kier alpha value is -1.35. The van der Waals surface area contributed by atoms with E-state index >= 15 is 0 Å². The van der Waals surface area contributed by atoms with Crippen LogP contribution >= 0.6 is 11.3 Å². The number of thiophene rings is 1. The maximum atomic E-state index is 11.7. The summed E-state index contributed by atoms with van der Waals surface area (Å²) < 4.78 is 1.37. The molecule has 2 saturated carbocycles. The summed E-state index contributed by atoms with van der Waals surface area (Å²) in [6, 6.07) is 6.93. The van der Waals surface area contributed by atoms with Gasteiger partial charge in [-0.3, -0.25) is 4.79 Å². The first-order chi connectivity index (χ1) is 10.3. The molecule has 2 nitrogen and oxygen atoms in total. The van der Waals surface area contributed by atoms with Crippen LogP contribution < -0.4 is 5.32 Å². The van der Waals surface area contributed by atoms with Crippen molar-refractivity contribution in [2.24, 2.45) is 11.8 Å². The SMILES string of the molecule is O=C(NCCc1csc2ccc(CC3CC3)cc12)C1CC1. The van der Waals surface area contributed by atoms with Gasteiger partial charge in [-0.2, -0.15) is 0 Å². The lowest BCUT2D eigenvalue weighted by Crippen LogP contribution is -2.26. The number of nitrogens with one attached hydrogen (secondary N) is 1. The molecule has 4 rings (SSSR count). The van der Waals surface area contributed by atoms with Crippen LogP contribution in [0.15, 0.2) is 23.6 Å². The van der Waals surface area contributed by atoms with E-state index in [1.807, 2.05) is 11.3 Å². The minimum absolute atomic E-state index is 0.254. The molecule has 0 radical (unpaired) electrons. The molecule has 1 N–H and O–H groups in total. The van der Waals surface area contributed by atoms with E-state index in [0.717, 1.165) is 31.7 Å².